The molecule has 0 aliphatic heterocycles. The highest BCUT2D eigenvalue weighted by atomic mass is 32.2. The van der Waals surface area contributed by atoms with Gasteiger partial charge >= 0.3 is 0 Å². The van der Waals surface area contributed by atoms with Crippen LogP contribution in [0.25, 0.3) is 10.2 Å². The van der Waals surface area contributed by atoms with Gasteiger partial charge in [0.05, 0.1) is 16.0 Å². The normalized spacial score (nSPS) is 10.8. The molecule has 112 valence electrons. The number of thiazole rings is 1. The lowest BCUT2D eigenvalue weighted by Crippen LogP contribution is -2.14. The molecule has 0 aliphatic carbocycles. The highest BCUT2D eigenvalue weighted by Crippen LogP contribution is 2.29. The molecule has 0 spiro atoms. The van der Waals surface area contributed by atoms with Gasteiger partial charge in [0.15, 0.2) is 4.34 Å². The fourth-order valence-corrected chi connectivity index (χ4v) is 3.78. The van der Waals surface area contributed by atoms with Crippen molar-refractivity contribution in [3.8, 4) is 0 Å². The van der Waals surface area contributed by atoms with Crippen molar-refractivity contribution in [2.75, 3.05) is 11.1 Å². The van der Waals surface area contributed by atoms with Crippen molar-refractivity contribution in [1.82, 2.24) is 4.98 Å². The molecule has 0 bridgehead atoms. The van der Waals surface area contributed by atoms with E-state index in [-0.39, 0.29) is 17.5 Å². The molecule has 6 heteroatoms. The van der Waals surface area contributed by atoms with Crippen molar-refractivity contribution >= 4 is 44.9 Å². The van der Waals surface area contributed by atoms with E-state index in [9.17, 15) is 9.18 Å². The first-order chi connectivity index (χ1) is 10.6. The van der Waals surface area contributed by atoms with Crippen LogP contribution in [0.4, 0.5) is 10.1 Å². The van der Waals surface area contributed by atoms with Crippen molar-refractivity contribution in [2.24, 2.45) is 0 Å². The van der Waals surface area contributed by atoms with Gasteiger partial charge in [0, 0.05) is 5.69 Å². The minimum Gasteiger partial charge on any atom is -0.325 e. The number of benzene rings is 2. The summed E-state index contributed by atoms with van der Waals surface area (Å²) in [6, 6.07) is 12.5. The van der Waals surface area contributed by atoms with Crippen molar-refractivity contribution in [3.63, 3.8) is 0 Å². The van der Waals surface area contributed by atoms with E-state index in [0.29, 0.717) is 11.3 Å². The van der Waals surface area contributed by atoms with Gasteiger partial charge in [-0.2, -0.15) is 0 Å². The Balaban J connectivity index is 1.60. The number of amides is 1. The van der Waals surface area contributed by atoms with Crippen LogP contribution in [-0.2, 0) is 4.79 Å². The number of rotatable bonds is 4. The van der Waals surface area contributed by atoms with Crippen LogP contribution in [0.1, 0.15) is 5.56 Å². The molecule has 0 atom stereocenters. The Labute approximate surface area is 135 Å². The van der Waals surface area contributed by atoms with Crippen LogP contribution >= 0.6 is 23.1 Å². The summed E-state index contributed by atoms with van der Waals surface area (Å²) in [5.74, 6) is -0.251. The fraction of sp³-hybridized carbons (Fsp3) is 0.125. The molecule has 3 aromatic rings. The standard InChI is InChI=1S/C16H13FN2OS2/c1-10-6-7-11(8-12(10)17)18-15(20)9-21-16-19-13-4-2-3-5-14(13)22-16/h2-8H,9H2,1H3,(H,18,20). The molecule has 0 saturated carbocycles. The third kappa shape index (κ3) is 3.45. The summed E-state index contributed by atoms with van der Waals surface area (Å²) in [4.78, 5) is 16.4. The molecule has 3 nitrogen and oxygen atoms in total. The number of aryl methyl sites for hydroxylation is 1. The molecule has 1 N–H and O–H groups in total. The molecule has 1 amide bonds. The SMILES string of the molecule is Cc1ccc(NC(=O)CSc2nc3ccccc3s2)cc1F. The van der Waals surface area contributed by atoms with Gasteiger partial charge in [0.1, 0.15) is 5.82 Å². The average molecular weight is 332 g/mol. The summed E-state index contributed by atoms with van der Waals surface area (Å²) in [5.41, 5.74) is 1.97. The van der Waals surface area contributed by atoms with E-state index in [1.165, 1.54) is 17.8 Å². The maximum atomic E-state index is 13.4. The van der Waals surface area contributed by atoms with E-state index >= 15 is 0 Å². The van der Waals surface area contributed by atoms with Crippen molar-refractivity contribution < 1.29 is 9.18 Å². The zero-order valence-electron chi connectivity index (χ0n) is 11.8. The second kappa shape index (κ2) is 6.46. The van der Waals surface area contributed by atoms with Gasteiger partial charge in [0.25, 0.3) is 0 Å². The molecular weight excluding hydrogens is 319 g/mol. The minimum absolute atomic E-state index is 0.174. The summed E-state index contributed by atoms with van der Waals surface area (Å²) < 4.78 is 15.4. The second-order valence-corrected chi connectivity index (χ2v) is 7.00. The number of fused-ring (bicyclic) bond motifs is 1. The van der Waals surface area contributed by atoms with E-state index in [1.807, 2.05) is 24.3 Å². The average Bonchev–Trinajstić information content (AvgIpc) is 2.92. The number of thioether (sulfide) groups is 1. The Kier molecular flexibility index (Phi) is 4.40. The van der Waals surface area contributed by atoms with Crippen LogP contribution in [0.3, 0.4) is 0 Å². The summed E-state index contributed by atoms with van der Waals surface area (Å²) in [5, 5.41) is 2.69. The van der Waals surface area contributed by atoms with Crippen LogP contribution in [-0.4, -0.2) is 16.6 Å². The lowest BCUT2D eigenvalue weighted by Gasteiger charge is -2.05. The van der Waals surface area contributed by atoms with Crippen molar-refractivity contribution in [1.29, 1.82) is 0 Å². The lowest BCUT2D eigenvalue weighted by molar-refractivity contribution is -0.113. The number of para-hydroxylation sites is 1. The molecule has 0 radical (unpaired) electrons. The summed E-state index contributed by atoms with van der Waals surface area (Å²) in [7, 11) is 0. The summed E-state index contributed by atoms with van der Waals surface area (Å²) in [6.45, 7) is 1.68. The summed E-state index contributed by atoms with van der Waals surface area (Å²) in [6.07, 6.45) is 0. The zero-order chi connectivity index (χ0) is 15.5. The number of halogens is 1. The number of carbonyl (C=O) groups excluding carboxylic acids is 1. The largest absolute Gasteiger partial charge is 0.325 e. The smallest absolute Gasteiger partial charge is 0.234 e. The first-order valence-corrected chi connectivity index (χ1v) is 8.46. The fourth-order valence-electron chi connectivity index (χ4n) is 1.91. The highest BCUT2D eigenvalue weighted by Gasteiger charge is 2.08. The number of carbonyl (C=O) groups is 1. The molecule has 0 fully saturated rings. The number of nitrogens with zero attached hydrogens (tertiary/aromatic N) is 1. The topological polar surface area (TPSA) is 42.0 Å². The predicted molar refractivity (Wildman–Crippen MR) is 90.1 cm³/mol. The third-order valence-corrected chi connectivity index (χ3v) is 5.24. The van der Waals surface area contributed by atoms with Crippen LogP contribution in [0.5, 0.6) is 0 Å². The molecule has 22 heavy (non-hydrogen) atoms. The van der Waals surface area contributed by atoms with E-state index in [2.05, 4.69) is 10.3 Å². The Hall–Kier alpha value is -1.92. The molecule has 1 heterocycles. The van der Waals surface area contributed by atoms with Crippen molar-refractivity contribution in [3.05, 3.63) is 53.8 Å². The highest BCUT2D eigenvalue weighted by molar-refractivity contribution is 8.01. The Morgan fingerprint density at radius 1 is 1.32 bits per heavy atom. The van der Waals surface area contributed by atoms with Crippen LogP contribution in [0, 0.1) is 12.7 Å². The van der Waals surface area contributed by atoms with Gasteiger partial charge in [-0.25, -0.2) is 9.37 Å². The van der Waals surface area contributed by atoms with Gasteiger partial charge in [-0.3, -0.25) is 4.79 Å². The van der Waals surface area contributed by atoms with Gasteiger partial charge in [-0.1, -0.05) is 30.0 Å². The molecule has 2 aromatic carbocycles. The molecule has 0 aliphatic rings. The van der Waals surface area contributed by atoms with Crippen LogP contribution in [0.2, 0.25) is 0 Å². The number of hydrogen-bond donors (Lipinski definition) is 1. The molecule has 3 rings (SSSR count). The van der Waals surface area contributed by atoms with Gasteiger partial charge in [-0.15, -0.1) is 11.3 Å². The van der Waals surface area contributed by atoms with E-state index in [4.69, 9.17) is 0 Å². The Morgan fingerprint density at radius 2 is 2.14 bits per heavy atom. The molecular formula is C16H13FN2OS2. The predicted octanol–water partition coefficient (Wildman–Crippen LogP) is 4.47. The molecule has 0 saturated heterocycles. The van der Waals surface area contributed by atoms with Gasteiger partial charge in [-0.05, 0) is 36.8 Å². The van der Waals surface area contributed by atoms with E-state index in [1.54, 1.807) is 30.4 Å². The number of aromatic nitrogens is 1. The number of anilines is 1. The molecule has 0 unspecified atom stereocenters. The van der Waals surface area contributed by atoms with Gasteiger partial charge in [0.2, 0.25) is 5.91 Å². The maximum absolute atomic E-state index is 13.4. The number of nitrogens with one attached hydrogen (secondary N) is 1. The van der Waals surface area contributed by atoms with Crippen molar-refractivity contribution in [2.45, 2.75) is 11.3 Å². The third-order valence-electron chi connectivity index (χ3n) is 3.06. The Morgan fingerprint density at radius 3 is 2.91 bits per heavy atom. The van der Waals surface area contributed by atoms with E-state index < -0.39 is 0 Å². The molecule has 1 aromatic heterocycles. The first kappa shape index (κ1) is 15.0. The lowest BCUT2D eigenvalue weighted by atomic mass is 10.2. The first-order valence-electron chi connectivity index (χ1n) is 6.66. The van der Waals surface area contributed by atoms with Crippen LogP contribution in [0.15, 0.2) is 46.8 Å². The van der Waals surface area contributed by atoms with Gasteiger partial charge < -0.3 is 5.32 Å². The summed E-state index contributed by atoms with van der Waals surface area (Å²) >= 11 is 2.94. The Bertz CT molecular complexity index is 799. The maximum Gasteiger partial charge on any atom is 0.234 e. The van der Waals surface area contributed by atoms with Crippen LogP contribution < -0.4 is 5.32 Å². The monoisotopic (exact) mass is 332 g/mol. The number of hydrogen-bond acceptors (Lipinski definition) is 4. The zero-order valence-corrected chi connectivity index (χ0v) is 13.4. The van der Waals surface area contributed by atoms with E-state index in [0.717, 1.165) is 14.6 Å². The quantitative estimate of drug-likeness (QED) is 0.717. The minimum atomic E-state index is -0.323. The second-order valence-electron chi connectivity index (χ2n) is 4.75.